The van der Waals surface area contributed by atoms with E-state index < -0.39 is 17.9 Å². The fourth-order valence-electron chi connectivity index (χ4n) is 1.24. The minimum atomic E-state index is -0.928. The van der Waals surface area contributed by atoms with Crippen LogP contribution in [0.2, 0.25) is 0 Å². The zero-order valence-electron chi connectivity index (χ0n) is 9.96. The molecule has 1 aromatic rings. The maximum Gasteiger partial charge on any atom is 0.308 e. The van der Waals surface area contributed by atoms with Gasteiger partial charge in [0.1, 0.15) is 6.61 Å². The molecule has 0 bridgehead atoms. The van der Waals surface area contributed by atoms with Gasteiger partial charge in [0.25, 0.3) is 0 Å². The first-order valence-electron chi connectivity index (χ1n) is 5.51. The molecule has 1 aromatic carbocycles. The molecule has 0 aliphatic heterocycles. The molecule has 0 fully saturated rings. The normalized spacial score (nSPS) is 11.4. The van der Waals surface area contributed by atoms with E-state index in [0.717, 1.165) is 0 Å². The van der Waals surface area contributed by atoms with Crippen molar-refractivity contribution in [2.75, 3.05) is 11.9 Å². The molecule has 0 aliphatic carbocycles. The third-order valence-corrected chi connectivity index (χ3v) is 2.13. The lowest BCUT2D eigenvalue weighted by molar-refractivity contribution is -0.143. The number of hydrogen-bond donors (Lipinski definition) is 2. The number of ether oxygens (including phenoxy) is 1. The first-order chi connectivity index (χ1) is 8.63. The minimum absolute atomic E-state index is 0.117. The lowest BCUT2D eigenvalue weighted by Gasteiger charge is -2.11. The van der Waals surface area contributed by atoms with Crippen LogP contribution in [0.5, 0.6) is 0 Å². The van der Waals surface area contributed by atoms with Gasteiger partial charge in [-0.05, 0) is 12.1 Å². The highest BCUT2D eigenvalue weighted by atomic mass is 16.5. The van der Waals surface area contributed by atoms with Crippen LogP contribution in [-0.2, 0) is 14.3 Å². The number of benzene rings is 1. The predicted octanol–water partition coefficient (Wildman–Crippen LogP) is 1.07. The van der Waals surface area contributed by atoms with Crippen LogP contribution in [0.4, 0.5) is 5.69 Å². The van der Waals surface area contributed by atoms with E-state index >= 15 is 0 Å². The number of carbonyl (C=O) groups is 2. The number of hydrogen-bond acceptors (Lipinski definition) is 4. The zero-order valence-corrected chi connectivity index (χ0v) is 9.96. The molecule has 0 spiro atoms. The van der Waals surface area contributed by atoms with Crippen molar-refractivity contribution in [2.24, 2.45) is 5.73 Å². The summed E-state index contributed by atoms with van der Waals surface area (Å²) >= 11 is 0. The molecule has 0 unspecified atom stereocenters. The number of nitrogens with one attached hydrogen (secondary N) is 1. The number of para-hydroxylation sites is 1. The van der Waals surface area contributed by atoms with Crippen LogP contribution in [0.25, 0.3) is 0 Å². The Morgan fingerprint density at radius 3 is 2.67 bits per heavy atom. The monoisotopic (exact) mass is 248 g/mol. The third kappa shape index (κ3) is 4.80. The topological polar surface area (TPSA) is 81.4 Å². The number of rotatable bonds is 6. The number of carbonyl (C=O) groups excluding carboxylic acids is 2. The molecular formula is C13H16N2O3. The molecule has 96 valence electrons. The second-order valence-electron chi connectivity index (χ2n) is 3.64. The van der Waals surface area contributed by atoms with Gasteiger partial charge in [0, 0.05) is 5.69 Å². The summed E-state index contributed by atoms with van der Waals surface area (Å²) in [6.07, 6.45) is 1.29. The highest BCUT2D eigenvalue weighted by Gasteiger charge is 2.18. The van der Waals surface area contributed by atoms with Gasteiger partial charge in [-0.3, -0.25) is 9.59 Å². The van der Waals surface area contributed by atoms with Gasteiger partial charge in [-0.2, -0.15) is 0 Å². The van der Waals surface area contributed by atoms with Crippen molar-refractivity contribution in [3.63, 3.8) is 0 Å². The standard InChI is InChI=1S/C13H16N2O3/c1-2-8-18-12(16)9-11(14)13(17)15-10-6-4-3-5-7-10/h2-7,11H,1,8-9,14H2,(H,15,17)/t11-/m0/s1. The van der Waals surface area contributed by atoms with Crippen LogP contribution in [0.15, 0.2) is 43.0 Å². The minimum Gasteiger partial charge on any atom is -0.461 e. The molecule has 0 aromatic heterocycles. The van der Waals surface area contributed by atoms with E-state index in [1.54, 1.807) is 24.3 Å². The maximum atomic E-state index is 11.7. The lowest BCUT2D eigenvalue weighted by Crippen LogP contribution is -2.37. The molecule has 0 saturated heterocycles. The van der Waals surface area contributed by atoms with E-state index in [1.807, 2.05) is 6.07 Å². The molecule has 3 N–H and O–H groups in total. The third-order valence-electron chi connectivity index (χ3n) is 2.13. The average Bonchev–Trinajstić information content (AvgIpc) is 2.37. The maximum absolute atomic E-state index is 11.7. The Labute approximate surface area is 106 Å². The molecule has 5 heteroatoms. The van der Waals surface area contributed by atoms with E-state index in [2.05, 4.69) is 11.9 Å². The fourth-order valence-corrected chi connectivity index (χ4v) is 1.24. The summed E-state index contributed by atoms with van der Waals surface area (Å²) < 4.78 is 4.75. The van der Waals surface area contributed by atoms with Crippen LogP contribution in [0.3, 0.4) is 0 Å². The quantitative estimate of drug-likeness (QED) is 0.583. The van der Waals surface area contributed by atoms with E-state index in [1.165, 1.54) is 6.08 Å². The van der Waals surface area contributed by atoms with Gasteiger partial charge in [0.2, 0.25) is 5.91 Å². The Kier molecular flexibility index (Phi) is 5.60. The molecule has 1 amide bonds. The van der Waals surface area contributed by atoms with E-state index in [0.29, 0.717) is 5.69 Å². The van der Waals surface area contributed by atoms with Crippen molar-refractivity contribution < 1.29 is 14.3 Å². The second kappa shape index (κ2) is 7.24. The summed E-state index contributed by atoms with van der Waals surface area (Å²) in [6.45, 7) is 3.53. The Bertz CT molecular complexity index is 418. The van der Waals surface area contributed by atoms with Gasteiger partial charge in [-0.1, -0.05) is 30.9 Å². The summed E-state index contributed by atoms with van der Waals surface area (Å²) in [4.78, 5) is 22.9. The van der Waals surface area contributed by atoms with Crippen LogP contribution in [0, 0.1) is 0 Å². The van der Waals surface area contributed by atoms with Crippen LogP contribution >= 0.6 is 0 Å². The first kappa shape index (κ1) is 13.9. The first-order valence-corrected chi connectivity index (χ1v) is 5.51. The van der Waals surface area contributed by atoms with Gasteiger partial charge >= 0.3 is 5.97 Å². The number of esters is 1. The predicted molar refractivity (Wildman–Crippen MR) is 68.8 cm³/mol. The van der Waals surface area contributed by atoms with Crippen LogP contribution in [0.1, 0.15) is 6.42 Å². The van der Waals surface area contributed by atoms with Crippen molar-refractivity contribution in [2.45, 2.75) is 12.5 Å². The summed E-state index contributed by atoms with van der Waals surface area (Å²) in [6, 6.07) is 7.96. The van der Waals surface area contributed by atoms with E-state index in [4.69, 9.17) is 10.5 Å². The van der Waals surface area contributed by atoms with Gasteiger partial charge in [0.15, 0.2) is 0 Å². The van der Waals surface area contributed by atoms with E-state index in [9.17, 15) is 9.59 Å². The fraction of sp³-hybridized carbons (Fsp3) is 0.231. The van der Waals surface area contributed by atoms with Gasteiger partial charge < -0.3 is 15.8 Å². The number of amides is 1. The van der Waals surface area contributed by atoms with Gasteiger partial charge in [-0.25, -0.2) is 0 Å². The van der Waals surface area contributed by atoms with Crippen molar-refractivity contribution in [1.82, 2.24) is 0 Å². The smallest absolute Gasteiger partial charge is 0.308 e. The highest BCUT2D eigenvalue weighted by Crippen LogP contribution is 2.06. The Morgan fingerprint density at radius 1 is 1.39 bits per heavy atom. The molecule has 0 heterocycles. The Hall–Kier alpha value is -2.14. The Morgan fingerprint density at radius 2 is 2.06 bits per heavy atom. The molecule has 1 rings (SSSR count). The molecule has 18 heavy (non-hydrogen) atoms. The highest BCUT2D eigenvalue weighted by molar-refractivity contribution is 5.96. The molecule has 0 saturated carbocycles. The lowest BCUT2D eigenvalue weighted by atomic mass is 10.2. The molecular weight excluding hydrogens is 232 g/mol. The average molecular weight is 248 g/mol. The van der Waals surface area contributed by atoms with Gasteiger partial charge in [-0.15, -0.1) is 0 Å². The molecule has 1 atom stereocenters. The molecule has 5 nitrogen and oxygen atoms in total. The summed E-state index contributed by atoms with van der Waals surface area (Å²) in [5, 5.41) is 2.61. The van der Waals surface area contributed by atoms with Crippen LogP contribution < -0.4 is 11.1 Å². The number of anilines is 1. The molecule has 0 aliphatic rings. The van der Waals surface area contributed by atoms with Crippen molar-refractivity contribution in [3.8, 4) is 0 Å². The second-order valence-corrected chi connectivity index (χ2v) is 3.64. The van der Waals surface area contributed by atoms with E-state index in [-0.39, 0.29) is 13.0 Å². The summed E-state index contributed by atoms with van der Waals surface area (Å²) in [5.74, 6) is -0.942. The molecule has 0 radical (unpaired) electrons. The van der Waals surface area contributed by atoms with Crippen LogP contribution in [-0.4, -0.2) is 24.5 Å². The van der Waals surface area contributed by atoms with Crippen molar-refractivity contribution in [3.05, 3.63) is 43.0 Å². The van der Waals surface area contributed by atoms with Crippen molar-refractivity contribution >= 4 is 17.6 Å². The van der Waals surface area contributed by atoms with Crippen molar-refractivity contribution in [1.29, 1.82) is 0 Å². The zero-order chi connectivity index (χ0) is 13.4. The Balaban J connectivity index is 2.42. The summed E-state index contributed by atoms with van der Waals surface area (Å²) in [5.41, 5.74) is 6.24. The number of nitrogens with two attached hydrogens (primary N) is 1. The SMILES string of the molecule is C=CCOC(=O)C[C@H](N)C(=O)Nc1ccccc1. The largest absolute Gasteiger partial charge is 0.461 e. The summed E-state index contributed by atoms with van der Waals surface area (Å²) in [7, 11) is 0. The van der Waals surface area contributed by atoms with Gasteiger partial charge in [0.05, 0.1) is 12.5 Å².